The van der Waals surface area contributed by atoms with E-state index in [4.69, 9.17) is 4.74 Å². The summed E-state index contributed by atoms with van der Waals surface area (Å²) in [6.07, 6.45) is 8.99. The summed E-state index contributed by atoms with van der Waals surface area (Å²) in [5.41, 5.74) is 1.09. The minimum absolute atomic E-state index is 0.323. The quantitative estimate of drug-likeness (QED) is 0.884. The van der Waals surface area contributed by atoms with Crippen LogP contribution in [0.4, 0.5) is 5.82 Å². The normalized spacial score (nSPS) is 23.1. The van der Waals surface area contributed by atoms with Gasteiger partial charge in [-0.1, -0.05) is 26.7 Å². The summed E-state index contributed by atoms with van der Waals surface area (Å²) in [5.74, 6) is 2.47. The lowest BCUT2D eigenvalue weighted by molar-refractivity contribution is 0.116. The third kappa shape index (κ3) is 3.37. The van der Waals surface area contributed by atoms with Crippen LogP contribution in [0, 0.1) is 5.92 Å². The first-order valence-electron chi connectivity index (χ1n) is 7.46. The van der Waals surface area contributed by atoms with Crippen molar-refractivity contribution in [2.75, 3.05) is 12.4 Å². The summed E-state index contributed by atoms with van der Waals surface area (Å²) in [4.78, 5) is 8.58. The first-order valence-corrected chi connectivity index (χ1v) is 7.46. The predicted octanol–water partition coefficient (Wildman–Crippen LogP) is 3.43. The summed E-state index contributed by atoms with van der Waals surface area (Å²) in [5, 5.41) is 3.11. The molecule has 2 atom stereocenters. The summed E-state index contributed by atoms with van der Waals surface area (Å²) in [6.45, 7) is 4.39. The number of aromatic nitrogens is 2. The molecule has 1 heterocycles. The Hall–Kier alpha value is -1.32. The van der Waals surface area contributed by atoms with Crippen molar-refractivity contribution in [3.63, 3.8) is 0 Å². The molecule has 0 aliphatic heterocycles. The highest BCUT2D eigenvalue weighted by molar-refractivity contribution is 5.48. The molecule has 1 aromatic rings. The fourth-order valence-electron chi connectivity index (χ4n) is 2.91. The zero-order chi connectivity index (χ0) is 13.7. The standard InChI is InChI=1S/C15H25N3O/c1-4-11-7-6-8-12(9-11)19-15-13(5-2)14(16-3)17-10-18-15/h10-12H,4-9H2,1-3H3,(H,16,17,18). The number of ether oxygens (including phenoxy) is 1. The molecule has 0 aromatic carbocycles. The van der Waals surface area contributed by atoms with E-state index in [0.29, 0.717) is 6.10 Å². The Kier molecular flexibility index (Phi) is 5.00. The molecule has 1 aromatic heterocycles. The van der Waals surface area contributed by atoms with Crippen LogP contribution in [0.15, 0.2) is 6.33 Å². The molecule has 2 rings (SSSR count). The molecule has 0 radical (unpaired) electrons. The molecule has 2 unspecified atom stereocenters. The smallest absolute Gasteiger partial charge is 0.222 e. The minimum atomic E-state index is 0.323. The molecular formula is C15H25N3O. The van der Waals surface area contributed by atoms with Crippen LogP contribution in [0.2, 0.25) is 0 Å². The molecule has 1 aliphatic carbocycles. The minimum Gasteiger partial charge on any atom is -0.474 e. The van der Waals surface area contributed by atoms with Gasteiger partial charge in [-0.25, -0.2) is 9.97 Å². The predicted molar refractivity (Wildman–Crippen MR) is 77.6 cm³/mol. The van der Waals surface area contributed by atoms with Crippen LogP contribution in [0.25, 0.3) is 0 Å². The van der Waals surface area contributed by atoms with E-state index in [1.807, 2.05) is 7.05 Å². The van der Waals surface area contributed by atoms with E-state index in [2.05, 4.69) is 29.1 Å². The van der Waals surface area contributed by atoms with Gasteiger partial charge in [0.2, 0.25) is 5.88 Å². The van der Waals surface area contributed by atoms with Gasteiger partial charge in [-0.05, 0) is 31.6 Å². The van der Waals surface area contributed by atoms with Crippen LogP contribution in [-0.2, 0) is 6.42 Å². The lowest BCUT2D eigenvalue weighted by atomic mass is 9.85. The van der Waals surface area contributed by atoms with Gasteiger partial charge in [0.25, 0.3) is 0 Å². The Morgan fingerprint density at radius 1 is 1.32 bits per heavy atom. The molecule has 0 amide bonds. The molecule has 1 saturated carbocycles. The highest BCUT2D eigenvalue weighted by atomic mass is 16.5. The van der Waals surface area contributed by atoms with Crippen LogP contribution in [-0.4, -0.2) is 23.1 Å². The number of nitrogens with one attached hydrogen (secondary N) is 1. The highest BCUT2D eigenvalue weighted by Gasteiger charge is 2.23. The fraction of sp³-hybridized carbons (Fsp3) is 0.733. The topological polar surface area (TPSA) is 47.0 Å². The average Bonchev–Trinajstić information content (AvgIpc) is 2.47. The molecule has 4 heteroatoms. The Bertz CT molecular complexity index is 408. The third-order valence-corrected chi connectivity index (χ3v) is 4.09. The SMILES string of the molecule is CCc1c(NC)ncnc1OC1CCCC(CC)C1. The van der Waals surface area contributed by atoms with Crippen LogP contribution >= 0.6 is 0 Å². The van der Waals surface area contributed by atoms with Crippen LogP contribution in [0.3, 0.4) is 0 Å². The van der Waals surface area contributed by atoms with Crippen molar-refractivity contribution in [3.05, 3.63) is 11.9 Å². The van der Waals surface area contributed by atoms with Crippen molar-refractivity contribution in [1.82, 2.24) is 9.97 Å². The van der Waals surface area contributed by atoms with Gasteiger partial charge in [-0.3, -0.25) is 0 Å². The summed E-state index contributed by atoms with van der Waals surface area (Å²) in [6, 6.07) is 0. The highest BCUT2D eigenvalue weighted by Crippen LogP contribution is 2.31. The average molecular weight is 263 g/mol. The van der Waals surface area contributed by atoms with Crippen molar-refractivity contribution in [2.24, 2.45) is 5.92 Å². The van der Waals surface area contributed by atoms with Gasteiger partial charge in [0.1, 0.15) is 18.2 Å². The van der Waals surface area contributed by atoms with Crippen molar-refractivity contribution in [2.45, 2.75) is 58.5 Å². The molecule has 19 heavy (non-hydrogen) atoms. The maximum Gasteiger partial charge on any atom is 0.222 e. The molecule has 1 aliphatic rings. The van der Waals surface area contributed by atoms with Gasteiger partial charge in [0, 0.05) is 7.05 Å². The van der Waals surface area contributed by atoms with Gasteiger partial charge in [0.15, 0.2) is 0 Å². The maximum atomic E-state index is 6.16. The first kappa shape index (κ1) is 14.1. The van der Waals surface area contributed by atoms with Crippen molar-refractivity contribution in [3.8, 4) is 5.88 Å². The molecule has 1 fully saturated rings. The second-order valence-corrected chi connectivity index (χ2v) is 5.29. The Morgan fingerprint density at radius 3 is 2.84 bits per heavy atom. The van der Waals surface area contributed by atoms with E-state index < -0.39 is 0 Å². The van der Waals surface area contributed by atoms with Crippen molar-refractivity contribution >= 4 is 5.82 Å². The number of nitrogens with zero attached hydrogens (tertiary/aromatic N) is 2. The number of anilines is 1. The Labute approximate surface area is 116 Å². The van der Waals surface area contributed by atoms with E-state index in [1.54, 1.807) is 6.33 Å². The second kappa shape index (κ2) is 6.73. The zero-order valence-electron chi connectivity index (χ0n) is 12.3. The van der Waals surface area contributed by atoms with Crippen LogP contribution in [0.5, 0.6) is 5.88 Å². The Balaban J connectivity index is 2.10. The zero-order valence-corrected chi connectivity index (χ0v) is 12.3. The van der Waals surface area contributed by atoms with E-state index in [-0.39, 0.29) is 0 Å². The molecular weight excluding hydrogens is 238 g/mol. The molecule has 1 N–H and O–H groups in total. The molecule has 0 saturated heterocycles. The van der Waals surface area contributed by atoms with Crippen LogP contribution in [0.1, 0.15) is 51.5 Å². The molecule has 0 spiro atoms. The van der Waals surface area contributed by atoms with Gasteiger partial charge in [0.05, 0.1) is 5.56 Å². The lowest BCUT2D eigenvalue weighted by Crippen LogP contribution is -2.26. The summed E-state index contributed by atoms with van der Waals surface area (Å²) >= 11 is 0. The fourth-order valence-corrected chi connectivity index (χ4v) is 2.91. The lowest BCUT2D eigenvalue weighted by Gasteiger charge is -2.29. The van der Waals surface area contributed by atoms with Crippen molar-refractivity contribution in [1.29, 1.82) is 0 Å². The van der Waals surface area contributed by atoms with Gasteiger partial charge < -0.3 is 10.1 Å². The van der Waals surface area contributed by atoms with E-state index in [9.17, 15) is 0 Å². The van der Waals surface area contributed by atoms with Gasteiger partial charge in [-0.15, -0.1) is 0 Å². The third-order valence-electron chi connectivity index (χ3n) is 4.09. The van der Waals surface area contributed by atoms with Crippen LogP contribution < -0.4 is 10.1 Å². The van der Waals surface area contributed by atoms with E-state index in [1.165, 1.54) is 25.7 Å². The number of hydrogen-bond donors (Lipinski definition) is 1. The molecule has 0 bridgehead atoms. The second-order valence-electron chi connectivity index (χ2n) is 5.29. The summed E-state index contributed by atoms with van der Waals surface area (Å²) < 4.78 is 6.16. The van der Waals surface area contributed by atoms with Gasteiger partial charge >= 0.3 is 0 Å². The number of hydrogen-bond acceptors (Lipinski definition) is 4. The number of rotatable bonds is 5. The first-order chi connectivity index (χ1) is 9.28. The Morgan fingerprint density at radius 2 is 2.16 bits per heavy atom. The van der Waals surface area contributed by atoms with E-state index >= 15 is 0 Å². The molecule has 106 valence electrons. The maximum absolute atomic E-state index is 6.16. The summed E-state index contributed by atoms with van der Waals surface area (Å²) in [7, 11) is 1.89. The van der Waals surface area contributed by atoms with E-state index in [0.717, 1.165) is 36.0 Å². The molecule has 4 nitrogen and oxygen atoms in total. The largest absolute Gasteiger partial charge is 0.474 e. The monoisotopic (exact) mass is 263 g/mol. The van der Waals surface area contributed by atoms with Crippen molar-refractivity contribution < 1.29 is 4.74 Å². The van der Waals surface area contributed by atoms with Gasteiger partial charge in [-0.2, -0.15) is 0 Å².